The van der Waals surface area contributed by atoms with E-state index in [2.05, 4.69) is 32.7 Å². The number of rotatable bonds is 9. The Morgan fingerprint density at radius 1 is 1.13 bits per heavy atom. The van der Waals surface area contributed by atoms with Crippen molar-refractivity contribution in [3.63, 3.8) is 0 Å². The smallest absolute Gasteiger partial charge is 0.191 e. The normalized spacial score (nSPS) is 15.5. The van der Waals surface area contributed by atoms with E-state index in [1.165, 1.54) is 12.1 Å². The maximum atomic E-state index is 13.4. The van der Waals surface area contributed by atoms with E-state index in [0.717, 1.165) is 69.9 Å². The van der Waals surface area contributed by atoms with Crippen LogP contribution in [0.25, 0.3) is 0 Å². The van der Waals surface area contributed by atoms with Crippen molar-refractivity contribution in [2.24, 2.45) is 4.99 Å². The van der Waals surface area contributed by atoms with Gasteiger partial charge in [-0.05, 0) is 50.3 Å². The van der Waals surface area contributed by atoms with Crippen molar-refractivity contribution in [1.29, 1.82) is 0 Å². The highest BCUT2D eigenvalue weighted by atomic mass is 127. The maximum absolute atomic E-state index is 13.4. The number of aromatic nitrogens is 3. The standard InChI is InChI=1S/C21H31F2N7.HI/c1-2-24-21(25-9-3-4-10-30-15-26-27-16-30)28-18-7-11-29(12-8-18)14-17-5-6-19(22)20(23)13-17;/h5-6,13,15-16,18H,2-4,7-12,14H2,1H3,(H2,24,25,28);1H. The molecule has 0 radical (unpaired) electrons. The lowest BCUT2D eigenvalue weighted by Gasteiger charge is -2.33. The molecule has 7 nitrogen and oxygen atoms in total. The summed E-state index contributed by atoms with van der Waals surface area (Å²) in [5.41, 5.74) is 0.807. The molecule has 2 N–H and O–H groups in total. The van der Waals surface area contributed by atoms with Crippen LogP contribution in [0.1, 0.15) is 38.2 Å². The molecule has 3 rings (SSSR count). The minimum absolute atomic E-state index is 0. The van der Waals surface area contributed by atoms with Crippen LogP contribution in [-0.4, -0.2) is 57.8 Å². The number of likely N-dealkylation sites (tertiary alicyclic amines) is 1. The molecule has 1 fully saturated rings. The highest BCUT2D eigenvalue weighted by molar-refractivity contribution is 14.0. The minimum atomic E-state index is -0.796. The van der Waals surface area contributed by atoms with Gasteiger partial charge in [0.05, 0.1) is 0 Å². The van der Waals surface area contributed by atoms with Crippen LogP contribution in [0.15, 0.2) is 35.8 Å². The second-order valence-electron chi connectivity index (χ2n) is 7.61. The molecule has 0 atom stereocenters. The molecule has 10 heteroatoms. The highest BCUT2D eigenvalue weighted by Crippen LogP contribution is 2.16. The van der Waals surface area contributed by atoms with Gasteiger partial charge in [-0.15, -0.1) is 34.2 Å². The Morgan fingerprint density at radius 3 is 2.55 bits per heavy atom. The van der Waals surface area contributed by atoms with Crippen molar-refractivity contribution in [3.8, 4) is 0 Å². The Morgan fingerprint density at radius 2 is 1.87 bits per heavy atom. The van der Waals surface area contributed by atoms with Gasteiger partial charge < -0.3 is 15.2 Å². The van der Waals surface area contributed by atoms with Gasteiger partial charge in [-0.3, -0.25) is 9.89 Å². The third kappa shape index (κ3) is 8.68. The van der Waals surface area contributed by atoms with E-state index in [4.69, 9.17) is 4.99 Å². The zero-order chi connectivity index (χ0) is 21.2. The lowest BCUT2D eigenvalue weighted by atomic mass is 10.0. The fourth-order valence-corrected chi connectivity index (χ4v) is 3.58. The average Bonchev–Trinajstić information content (AvgIpc) is 3.25. The summed E-state index contributed by atoms with van der Waals surface area (Å²) >= 11 is 0. The van der Waals surface area contributed by atoms with Crippen LogP contribution in [0.4, 0.5) is 8.78 Å². The minimum Gasteiger partial charge on any atom is -0.357 e. The van der Waals surface area contributed by atoms with Gasteiger partial charge in [0.25, 0.3) is 0 Å². The second kappa shape index (κ2) is 13.6. The number of nitrogens with one attached hydrogen (secondary N) is 2. The van der Waals surface area contributed by atoms with Crippen LogP contribution in [-0.2, 0) is 13.1 Å². The number of aryl methyl sites for hydroxylation is 1. The number of piperidine rings is 1. The summed E-state index contributed by atoms with van der Waals surface area (Å²) in [4.78, 5) is 6.97. The number of aliphatic imine (C=N–C) groups is 1. The molecule has 0 saturated carbocycles. The number of halogens is 3. The van der Waals surface area contributed by atoms with Crippen molar-refractivity contribution in [2.45, 2.75) is 51.7 Å². The number of hydrogen-bond acceptors (Lipinski definition) is 4. The Bertz CT molecular complexity index is 793. The molecular formula is C21H32F2IN7. The molecule has 172 valence electrons. The Kier molecular flexibility index (Phi) is 11.1. The molecule has 1 aromatic heterocycles. The summed E-state index contributed by atoms with van der Waals surface area (Å²) in [5, 5.41) is 14.5. The summed E-state index contributed by atoms with van der Waals surface area (Å²) in [6.45, 7) is 7.03. The highest BCUT2D eigenvalue weighted by Gasteiger charge is 2.20. The number of benzene rings is 1. The molecule has 0 bridgehead atoms. The van der Waals surface area contributed by atoms with Gasteiger partial charge in [-0.25, -0.2) is 8.78 Å². The van der Waals surface area contributed by atoms with Crippen LogP contribution >= 0.6 is 24.0 Å². The van der Waals surface area contributed by atoms with E-state index in [-0.39, 0.29) is 24.0 Å². The Hall–Kier alpha value is -1.82. The predicted molar refractivity (Wildman–Crippen MR) is 128 cm³/mol. The van der Waals surface area contributed by atoms with Crippen molar-refractivity contribution < 1.29 is 8.78 Å². The lowest BCUT2D eigenvalue weighted by Crippen LogP contribution is -2.48. The van der Waals surface area contributed by atoms with Gasteiger partial charge in [-0.2, -0.15) is 0 Å². The number of nitrogens with zero attached hydrogens (tertiary/aromatic N) is 5. The topological polar surface area (TPSA) is 70.4 Å². The zero-order valence-electron chi connectivity index (χ0n) is 17.9. The largest absolute Gasteiger partial charge is 0.357 e. The quantitative estimate of drug-likeness (QED) is 0.219. The molecule has 0 amide bonds. The first-order valence-corrected chi connectivity index (χ1v) is 10.7. The van der Waals surface area contributed by atoms with E-state index in [1.807, 2.05) is 4.57 Å². The fourth-order valence-electron chi connectivity index (χ4n) is 3.58. The first-order valence-electron chi connectivity index (χ1n) is 10.7. The molecule has 1 saturated heterocycles. The summed E-state index contributed by atoms with van der Waals surface area (Å²) in [5.74, 6) is -0.714. The maximum Gasteiger partial charge on any atom is 0.191 e. The molecule has 0 aliphatic carbocycles. The SMILES string of the molecule is CCNC(=NCCCCn1cnnc1)NC1CCN(Cc2ccc(F)c(F)c2)CC1.I. The van der Waals surface area contributed by atoms with Crippen molar-refractivity contribution in [2.75, 3.05) is 26.2 Å². The molecule has 1 aliphatic heterocycles. The van der Waals surface area contributed by atoms with Gasteiger partial charge in [0.2, 0.25) is 0 Å². The van der Waals surface area contributed by atoms with Gasteiger partial charge >= 0.3 is 0 Å². The third-order valence-electron chi connectivity index (χ3n) is 5.22. The third-order valence-corrected chi connectivity index (χ3v) is 5.22. The average molecular weight is 547 g/mol. The molecule has 31 heavy (non-hydrogen) atoms. The summed E-state index contributed by atoms with van der Waals surface area (Å²) < 4.78 is 28.5. The molecule has 2 heterocycles. The van der Waals surface area contributed by atoms with Crippen molar-refractivity contribution in [3.05, 3.63) is 48.1 Å². The van der Waals surface area contributed by atoms with E-state index in [9.17, 15) is 8.78 Å². The molecule has 0 unspecified atom stereocenters. The number of unbranched alkanes of at least 4 members (excludes halogenated alkanes) is 1. The summed E-state index contributed by atoms with van der Waals surface area (Å²) in [6, 6.07) is 4.51. The van der Waals surface area contributed by atoms with Crippen molar-refractivity contribution >= 4 is 29.9 Å². The van der Waals surface area contributed by atoms with Crippen LogP contribution in [0.3, 0.4) is 0 Å². The van der Waals surface area contributed by atoms with Crippen LogP contribution in [0.2, 0.25) is 0 Å². The number of guanidine groups is 1. The van der Waals surface area contributed by atoms with E-state index in [1.54, 1.807) is 18.7 Å². The van der Waals surface area contributed by atoms with Crippen LogP contribution in [0.5, 0.6) is 0 Å². The fraction of sp³-hybridized carbons (Fsp3) is 0.571. The van der Waals surface area contributed by atoms with Gasteiger partial charge in [0, 0.05) is 45.3 Å². The lowest BCUT2D eigenvalue weighted by molar-refractivity contribution is 0.198. The zero-order valence-corrected chi connectivity index (χ0v) is 20.3. The van der Waals surface area contributed by atoms with Crippen LogP contribution < -0.4 is 10.6 Å². The van der Waals surface area contributed by atoms with E-state index >= 15 is 0 Å². The monoisotopic (exact) mass is 547 g/mol. The predicted octanol–water partition coefficient (Wildman–Crippen LogP) is 3.17. The van der Waals surface area contributed by atoms with E-state index in [0.29, 0.717) is 12.6 Å². The molecule has 2 aromatic rings. The van der Waals surface area contributed by atoms with Crippen molar-refractivity contribution in [1.82, 2.24) is 30.3 Å². The van der Waals surface area contributed by atoms with Crippen LogP contribution in [0, 0.1) is 11.6 Å². The molecule has 1 aliphatic rings. The number of hydrogen-bond donors (Lipinski definition) is 2. The second-order valence-corrected chi connectivity index (χ2v) is 7.61. The first-order chi connectivity index (χ1) is 14.6. The first kappa shape index (κ1) is 25.4. The molecular weight excluding hydrogens is 515 g/mol. The van der Waals surface area contributed by atoms with Gasteiger partial charge in [0.1, 0.15) is 12.7 Å². The summed E-state index contributed by atoms with van der Waals surface area (Å²) in [7, 11) is 0. The summed E-state index contributed by atoms with van der Waals surface area (Å²) in [6.07, 6.45) is 7.47. The molecule has 0 spiro atoms. The Balaban J connectivity index is 0.00000341. The van der Waals surface area contributed by atoms with Gasteiger partial charge in [0.15, 0.2) is 17.6 Å². The van der Waals surface area contributed by atoms with Gasteiger partial charge in [-0.1, -0.05) is 6.07 Å². The Labute approximate surface area is 199 Å². The molecule has 1 aromatic carbocycles. The van der Waals surface area contributed by atoms with E-state index < -0.39 is 11.6 Å².